The number of hydrogen-bond acceptors (Lipinski definition) is 5. The second-order valence-corrected chi connectivity index (χ2v) is 3.82. The summed E-state index contributed by atoms with van der Waals surface area (Å²) >= 11 is 0. The van der Waals surface area contributed by atoms with Gasteiger partial charge in [0, 0.05) is 31.4 Å². The maximum atomic E-state index is 11.9. The molecule has 18 heavy (non-hydrogen) atoms. The minimum Gasteiger partial charge on any atom is -0.478 e. The van der Waals surface area contributed by atoms with E-state index in [0.717, 1.165) is 13.0 Å². The normalized spacial score (nSPS) is 13.6. The SMILES string of the molecule is O=C(Nc1ncccn1)c1cc2n(n1)CCCO2. The summed E-state index contributed by atoms with van der Waals surface area (Å²) in [5.41, 5.74) is 0.305. The minimum atomic E-state index is -0.341. The predicted octanol–water partition coefficient (Wildman–Crippen LogP) is 0.708. The number of anilines is 1. The lowest BCUT2D eigenvalue weighted by molar-refractivity contribution is 0.102. The Balaban J connectivity index is 1.78. The molecule has 0 saturated heterocycles. The Morgan fingerprint density at radius 3 is 3.00 bits per heavy atom. The van der Waals surface area contributed by atoms with E-state index in [0.29, 0.717) is 18.2 Å². The first kappa shape index (κ1) is 10.7. The molecule has 1 aliphatic heterocycles. The molecule has 0 aliphatic carbocycles. The van der Waals surface area contributed by atoms with Crippen molar-refractivity contribution >= 4 is 11.9 Å². The van der Waals surface area contributed by atoms with Gasteiger partial charge in [-0.1, -0.05) is 0 Å². The maximum Gasteiger partial charge on any atom is 0.278 e. The van der Waals surface area contributed by atoms with Crippen molar-refractivity contribution in [1.82, 2.24) is 19.7 Å². The fourth-order valence-corrected chi connectivity index (χ4v) is 1.71. The molecular formula is C11H11N5O2. The number of ether oxygens (including phenoxy) is 1. The second kappa shape index (κ2) is 4.44. The number of carbonyl (C=O) groups excluding carboxylic acids is 1. The number of rotatable bonds is 2. The monoisotopic (exact) mass is 245 g/mol. The van der Waals surface area contributed by atoms with Crippen LogP contribution in [0.2, 0.25) is 0 Å². The van der Waals surface area contributed by atoms with Crippen molar-refractivity contribution in [2.24, 2.45) is 0 Å². The molecule has 0 atom stereocenters. The third-order valence-corrected chi connectivity index (χ3v) is 2.53. The zero-order chi connectivity index (χ0) is 12.4. The molecule has 0 bridgehead atoms. The quantitative estimate of drug-likeness (QED) is 0.842. The van der Waals surface area contributed by atoms with Gasteiger partial charge in [0.15, 0.2) is 5.69 Å². The third kappa shape index (κ3) is 2.02. The molecule has 1 amide bonds. The lowest BCUT2D eigenvalue weighted by Gasteiger charge is -2.13. The van der Waals surface area contributed by atoms with Crippen LogP contribution in [0.3, 0.4) is 0 Å². The summed E-state index contributed by atoms with van der Waals surface area (Å²) in [6, 6.07) is 3.30. The van der Waals surface area contributed by atoms with E-state index in [1.165, 1.54) is 0 Å². The first-order valence-corrected chi connectivity index (χ1v) is 5.62. The summed E-state index contributed by atoms with van der Waals surface area (Å²) in [5.74, 6) is 0.543. The number of amides is 1. The number of nitrogens with one attached hydrogen (secondary N) is 1. The van der Waals surface area contributed by atoms with Gasteiger partial charge in [-0.25, -0.2) is 14.6 Å². The zero-order valence-electron chi connectivity index (χ0n) is 9.54. The summed E-state index contributed by atoms with van der Waals surface area (Å²) in [6.45, 7) is 1.43. The average Bonchev–Trinajstić information content (AvgIpc) is 2.84. The average molecular weight is 245 g/mol. The summed E-state index contributed by atoms with van der Waals surface area (Å²) in [4.78, 5) is 19.7. The molecule has 3 rings (SSSR count). The molecule has 7 nitrogen and oxygen atoms in total. The van der Waals surface area contributed by atoms with E-state index >= 15 is 0 Å². The van der Waals surface area contributed by atoms with E-state index in [9.17, 15) is 4.79 Å². The van der Waals surface area contributed by atoms with Crippen LogP contribution in [0.15, 0.2) is 24.5 Å². The molecular weight excluding hydrogens is 234 g/mol. The standard InChI is InChI=1S/C11H11N5O2/c17-10(14-11-12-3-1-4-13-11)8-7-9-16(15-8)5-2-6-18-9/h1,3-4,7H,2,5-6H2,(H,12,13,14,17). The van der Waals surface area contributed by atoms with Crippen LogP contribution in [0, 0.1) is 0 Å². The van der Waals surface area contributed by atoms with Gasteiger partial charge in [0.25, 0.3) is 5.91 Å². The van der Waals surface area contributed by atoms with Crippen LogP contribution >= 0.6 is 0 Å². The third-order valence-electron chi connectivity index (χ3n) is 2.53. The molecule has 1 N–H and O–H groups in total. The first-order chi connectivity index (χ1) is 8.83. The zero-order valence-corrected chi connectivity index (χ0v) is 9.54. The van der Waals surface area contributed by atoms with E-state index < -0.39 is 0 Å². The molecule has 3 heterocycles. The van der Waals surface area contributed by atoms with Crippen LogP contribution in [0.4, 0.5) is 5.95 Å². The van der Waals surface area contributed by atoms with Crippen molar-refractivity contribution in [3.8, 4) is 5.88 Å². The fraction of sp³-hybridized carbons (Fsp3) is 0.273. The van der Waals surface area contributed by atoms with Gasteiger partial charge in [-0.2, -0.15) is 5.10 Å². The van der Waals surface area contributed by atoms with Crippen molar-refractivity contribution < 1.29 is 9.53 Å². The van der Waals surface area contributed by atoms with E-state index in [1.807, 2.05) is 0 Å². The van der Waals surface area contributed by atoms with Gasteiger partial charge in [-0.15, -0.1) is 0 Å². The van der Waals surface area contributed by atoms with Crippen molar-refractivity contribution in [2.45, 2.75) is 13.0 Å². The Morgan fingerprint density at radius 1 is 1.39 bits per heavy atom. The summed E-state index contributed by atoms with van der Waals surface area (Å²) < 4.78 is 7.08. The smallest absolute Gasteiger partial charge is 0.278 e. The fourth-order valence-electron chi connectivity index (χ4n) is 1.71. The Bertz CT molecular complexity index is 543. The maximum absolute atomic E-state index is 11.9. The molecule has 0 fully saturated rings. The van der Waals surface area contributed by atoms with Gasteiger partial charge >= 0.3 is 0 Å². The number of aryl methyl sites for hydroxylation is 1. The molecule has 92 valence electrons. The van der Waals surface area contributed by atoms with Gasteiger partial charge in [0.1, 0.15) is 0 Å². The largest absolute Gasteiger partial charge is 0.478 e. The van der Waals surface area contributed by atoms with Crippen molar-refractivity contribution in [3.05, 3.63) is 30.2 Å². The number of fused-ring (bicyclic) bond motifs is 1. The van der Waals surface area contributed by atoms with Crippen LogP contribution in [0.5, 0.6) is 5.88 Å². The molecule has 2 aromatic rings. The van der Waals surface area contributed by atoms with Gasteiger partial charge < -0.3 is 4.74 Å². The number of aromatic nitrogens is 4. The lowest BCUT2D eigenvalue weighted by atomic mass is 10.4. The molecule has 7 heteroatoms. The number of nitrogens with zero attached hydrogens (tertiary/aromatic N) is 4. The molecule has 0 saturated carbocycles. The van der Waals surface area contributed by atoms with Gasteiger partial charge in [0.05, 0.1) is 6.61 Å². The van der Waals surface area contributed by atoms with E-state index in [-0.39, 0.29) is 11.9 Å². The summed E-state index contributed by atoms with van der Waals surface area (Å²) in [7, 11) is 0. The number of hydrogen-bond donors (Lipinski definition) is 1. The predicted molar refractivity (Wildman–Crippen MR) is 62.3 cm³/mol. The van der Waals surface area contributed by atoms with Crippen molar-refractivity contribution in [3.63, 3.8) is 0 Å². The Kier molecular flexibility index (Phi) is 2.64. The highest BCUT2D eigenvalue weighted by Gasteiger charge is 2.18. The summed E-state index contributed by atoms with van der Waals surface area (Å²) in [6.07, 6.45) is 4.02. The van der Waals surface area contributed by atoms with Gasteiger partial charge in [-0.3, -0.25) is 10.1 Å². The van der Waals surface area contributed by atoms with E-state index in [1.54, 1.807) is 29.2 Å². The molecule has 0 radical (unpaired) electrons. The Labute approximate surface area is 103 Å². The summed E-state index contributed by atoms with van der Waals surface area (Å²) in [5, 5.41) is 6.75. The van der Waals surface area contributed by atoms with Gasteiger partial charge in [0.2, 0.25) is 11.8 Å². The Morgan fingerprint density at radius 2 is 2.22 bits per heavy atom. The number of carbonyl (C=O) groups is 1. The minimum absolute atomic E-state index is 0.259. The lowest BCUT2D eigenvalue weighted by Crippen LogP contribution is -2.16. The highest BCUT2D eigenvalue weighted by molar-refractivity contribution is 6.02. The van der Waals surface area contributed by atoms with Crippen LogP contribution in [0.25, 0.3) is 0 Å². The molecule has 0 spiro atoms. The molecule has 0 unspecified atom stereocenters. The first-order valence-electron chi connectivity index (χ1n) is 5.62. The van der Waals surface area contributed by atoms with E-state index in [4.69, 9.17) is 4.74 Å². The van der Waals surface area contributed by atoms with Crippen LogP contribution in [-0.4, -0.2) is 32.3 Å². The van der Waals surface area contributed by atoms with Crippen LogP contribution in [-0.2, 0) is 6.54 Å². The molecule has 2 aromatic heterocycles. The molecule has 0 aromatic carbocycles. The Hall–Kier alpha value is -2.44. The molecule has 1 aliphatic rings. The van der Waals surface area contributed by atoms with Crippen molar-refractivity contribution in [2.75, 3.05) is 11.9 Å². The highest BCUT2D eigenvalue weighted by atomic mass is 16.5. The van der Waals surface area contributed by atoms with Crippen LogP contribution < -0.4 is 10.1 Å². The topological polar surface area (TPSA) is 81.9 Å². The van der Waals surface area contributed by atoms with E-state index in [2.05, 4.69) is 20.4 Å². The van der Waals surface area contributed by atoms with Crippen LogP contribution in [0.1, 0.15) is 16.9 Å². The van der Waals surface area contributed by atoms with Crippen molar-refractivity contribution in [1.29, 1.82) is 0 Å². The highest BCUT2D eigenvalue weighted by Crippen LogP contribution is 2.18. The second-order valence-electron chi connectivity index (χ2n) is 3.82. The van der Waals surface area contributed by atoms with Gasteiger partial charge in [-0.05, 0) is 6.07 Å².